The molecule has 0 nitrogen and oxygen atoms in total. The van der Waals surface area contributed by atoms with Crippen molar-refractivity contribution in [3.8, 4) is 0 Å². The second-order valence-corrected chi connectivity index (χ2v) is 21.5. The number of allylic oxidation sites excluding steroid dienone is 2. The molecule has 1 aliphatic heterocycles. The maximum atomic E-state index is 2.52. The molecule has 0 amide bonds. The molecule has 2 aliphatic carbocycles. The minimum atomic E-state index is -2.77. The Labute approximate surface area is 205 Å². The first-order chi connectivity index (χ1) is 13.9. The predicted octanol–water partition coefficient (Wildman–Crippen LogP) is 2.37. The fourth-order valence-corrected chi connectivity index (χ4v) is 33.3. The molecule has 3 aliphatic rings. The Kier molecular flexibility index (Phi) is 7.23. The van der Waals surface area contributed by atoms with Crippen LogP contribution in [0.1, 0.15) is 71.0 Å². The minimum Gasteiger partial charge on any atom is -1.00 e. The first-order valence-corrected chi connectivity index (χ1v) is 17.1. The zero-order chi connectivity index (χ0) is 20.5. The second-order valence-electron chi connectivity index (χ2n) is 10.4. The Hall–Kier alpha value is -0.617. The zero-order valence-corrected chi connectivity index (χ0v) is 23.5. The Balaban J connectivity index is 0.00000136. The van der Waals surface area contributed by atoms with Crippen molar-refractivity contribution in [1.29, 1.82) is 0 Å². The van der Waals surface area contributed by atoms with Crippen molar-refractivity contribution in [3.63, 3.8) is 0 Å². The third-order valence-electron chi connectivity index (χ3n) is 8.16. The van der Waals surface area contributed by atoms with Gasteiger partial charge in [-0.25, -0.2) is 0 Å². The molecule has 4 unspecified atom stereocenters. The molecule has 4 atom stereocenters. The summed E-state index contributed by atoms with van der Waals surface area (Å²) in [6.45, 7) is 14.9. The summed E-state index contributed by atoms with van der Waals surface area (Å²) < 4.78 is 3.39. The standard InChI is InChI=1S/2C10H9.C8H16.2ClH.Zr/c2*1-8-6-9-4-2-3-5-10(9)7-8;1-7(2)5-6-8(3)4;;;/h2*2-7H,1H3;5-8H,1-4H3;2*1H;/q;;;;;+2/p-2. The van der Waals surface area contributed by atoms with E-state index in [9.17, 15) is 0 Å². The van der Waals surface area contributed by atoms with E-state index < -0.39 is 20.3 Å². The third kappa shape index (κ3) is 3.50. The maximum absolute atomic E-state index is 2.77. The number of hydrogen-bond acceptors (Lipinski definition) is 0. The van der Waals surface area contributed by atoms with Gasteiger partial charge < -0.3 is 24.8 Å². The van der Waals surface area contributed by atoms with Crippen molar-refractivity contribution in [3.05, 3.63) is 81.9 Å². The number of rotatable bonds is 4. The molecule has 0 aromatic heterocycles. The molecule has 2 aromatic carbocycles. The summed E-state index contributed by atoms with van der Waals surface area (Å²) in [5.41, 5.74) is 9.63. The van der Waals surface area contributed by atoms with Crippen LogP contribution in [0.2, 0.25) is 7.25 Å². The molecule has 31 heavy (non-hydrogen) atoms. The molecule has 1 saturated heterocycles. The molecule has 164 valence electrons. The predicted molar refractivity (Wildman–Crippen MR) is 123 cm³/mol. The van der Waals surface area contributed by atoms with Gasteiger partial charge in [0.25, 0.3) is 0 Å². The van der Waals surface area contributed by atoms with E-state index in [1.54, 1.807) is 22.3 Å². The topological polar surface area (TPSA) is 0 Å². The van der Waals surface area contributed by atoms with E-state index in [1.165, 1.54) is 11.1 Å². The van der Waals surface area contributed by atoms with Gasteiger partial charge in [0.05, 0.1) is 0 Å². The molecular weight excluding hydrogens is 498 g/mol. The van der Waals surface area contributed by atoms with Crippen molar-refractivity contribution in [2.24, 2.45) is 11.8 Å². The molecule has 0 bridgehead atoms. The van der Waals surface area contributed by atoms with E-state index >= 15 is 0 Å². The molecule has 0 N–H and O–H groups in total. The smallest absolute Gasteiger partial charge is 1.00 e. The summed E-state index contributed by atoms with van der Waals surface area (Å²) >= 11 is -2.77. The van der Waals surface area contributed by atoms with Crippen molar-refractivity contribution in [1.82, 2.24) is 0 Å². The molecular formula is C28H34Cl2Zr. The first-order valence-electron chi connectivity index (χ1n) is 11.4. The normalized spacial score (nSPS) is 28.1. The fourth-order valence-electron chi connectivity index (χ4n) is 7.69. The monoisotopic (exact) mass is 530 g/mol. The van der Waals surface area contributed by atoms with Gasteiger partial charge in [-0.05, 0) is 0 Å². The molecule has 5 rings (SSSR count). The largest absolute Gasteiger partial charge is 1.00 e. The second kappa shape index (κ2) is 8.97. The third-order valence-corrected chi connectivity index (χ3v) is 26.6. The van der Waals surface area contributed by atoms with Crippen LogP contribution in [0.4, 0.5) is 0 Å². The van der Waals surface area contributed by atoms with E-state index in [0.717, 1.165) is 26.3 Å². The number of fused-ring (bicyclic) bond motifs is 2. The van der Waals surface area contributed by atoms with Crippen LogP contribution in [0.15, 0.2) is 59.7 Å². The van der Waals surface area contributed by atoms with Crippen LogP contribution in [0.25, 0.3) is 12.2 Å². The molecule has 2 aromatic rings. The molecule has 0 saturated carbocycles. The molecule has 3 heteroatoms. The summed E-state index contributed by atoms with van der Waals surface area (Å²) in [5.74, 6) is 1.58. The Morgan fingerprint density at radius 1 is 0.613 bits per heavy atom. The van der Waals surface area contributed by atoms with Crippen LogP contribution in [-0.2, 0) is 20.3 Å². The quantitative estimate of drug-likeness (QED) is 0.568. The number of benzene rings is 2. The van der Waals surface area contributed by atoms with Gasteiger partial charge in [-0.2, -0.15) is 0 Å². The summed E-state index contributed by atoms with van der Waals surface area (Å²) in [4.78, 5) is 0. The van der Waals surface area contributed by atoms with Gasteiger partial charge in [0.15, 0.2) is 0 Å². The van der Waals surface area contributed by atoms with Crippen LogP contribution >= 0.6 is 0 Å². The average Bonchev–Trinajstić information content (AvgIpc) is 3.06. The van der Waals surface area contributed by atoms with Crippen LogP contribution < -0.4 is 24.8 Å². The molecule has 0 spiro atoms. The van der Waals surface area contributed by atoms with Crippen molar-refractivity contribution < 1.29 is 45.1 Å². The van der Waals surface area contributed by atoms with E-state index in [0.29, 0.717) is 0 Å². The minimum absolute atomic E-state index is 0. The van der Waals surface area contributed by atoms with Crippen LogP contribution in [0.5, 0.6) is 0 Å². The zero-order valence-electron chi connectivity index (χ0n) is 19.5. The SMILES string of the molecule is CC1=Cc2ccccc2[CH]1[Zr+2]1([CH]2C(C)=Cc3ccccc32)[CH](C(C)C)[CH]1C(C)C.[Cl-].[Cl-]. The van der Waals surface area contributed by atoms with Gasteiger partial charge >= 0.3 is 182 Å². The Morgan fingerprint density at radius 2 is 0.968 bits per heavy atom. The van der Waals surface area contributed by atoms with Gasteiger partial charge in [0.1, 0.15) is 0 Å². The Bertz CT molecular complexity index is 949. The summed E-state index contributed by atoms with van der Waals surface area (Å²) in [5, 5.41) is 0. The van der Waals surface area contributed by atoms with E-state index in [1.807, 2.05) is 0 Å². The van der Waals surface area contributed by atoms with Gasteiger partial charge in [-0.3, -0.25) is 0 Å². The summed E-state index contributed by atoms with van der Waals surface area (Å²) in [7, 11) is 0. The number of halogens is 2. The van der Waals surface area contributed by atoms with Gasteiger partial charge in [0.2, 0.25) is 0 Å². The van der Waals surface area contributed by atoms with Gasteiger partial charge in [-0.15, -0.1) is 0 Å². The fraction of sp³-hybridized carbons (Fsp3) is 0.429. The van der Waals surface area contributed by atoms with Crippen molar-refractivity contribution in [2.75, 3.05) is 0 Å². The molecule has 0 radical (unpaired) electrons. The van der Waals surface area contributed by atoms with Crippen molar-refractivity contribution in [2.45, 2.75) is 56.0 Å². The van der Waals surface area contributed by atoms with Crippen LogP contribution in [-0.4, -0.2) is 0 Å². The van der Waals surface area contributed by atoms with Crippen LogP contribution in [0.3, 0.4) is 0 Å². The molecule has 1 fully saturated rings. The van der Waals surface area contributed by atoms with E-state index in [2.05, 4.69) is 102 Å². The van der Waals surface area contributed by atoms with E-state index in [-0.39, 0.29) is 24.8 Å². The van der Waals surface area contributed by atoms with Gasteiger partial charge in [-0.1, -0.05) is 0 Å². The first kappa shape index (κ1) is 25.0. The maximum Gasteiger partial charge on any atom is -1.00 e. The summed E-state index contributed by atoms with van der Waals surface area (Å²) in [6, 6.07) is 18.6. The summed E-state index contributed by atoms with van der Waals surface area (Å²) in [6.07, 6.45) is 5.04. The Morgan fingerprint density at radius 3 is 1.32 bits per heavy atom. The van der Waals surface area contributed by atoms with E-state index in [4.69, 9.17) is 0 Å². The molecule has 1 heterocycles. The van der Waals surface area contributed by atoms with Gasteiger partial charge in [0, 0.05) is 0 Å². The van der Waals surface area contributed by atoms with Crippen LogP contribution in [0, 0.1) is 11.8 Å². The number of hydrogen-bond donors (Lipinski definition) is 0. The average molecular weight is 533 g/mol. The van der Waals surface area contributed by atoms with Crippen molar-refractivity contribution >= 4 is 12.2 Å².